The lowest BCUT2D eigenvalue weighted by molar-refractivity contribution is -0.138. The minimum atomic E-state index is -4.33. The Morgan fingerprint density at radius 2 is 1.79 bits per heavy atom. The van der Waals surface area contributed by atoms with Crippen LogP contribution in [-0.4, -0.2) is 31.2 Å². The summed E-state index contributed by atoms with van der Waals surface area (Å²) in [7, 11) is 1.33. The smallest absolute Gasteiger partial charge is 0.416 e. The number of rotatable bonds is 3. The quantitative estimate of drug-likeness (QED) is 0.723. The van der Waals surface area contributed by atoms with E-state index in [1.807, 2.05) is 0 Å². The Hall–Kier alpha value is -2.57. The average molecular weight is 390 g/mol. The highest BCUT2D eigenvalue weighted by atomic mass is 19.4. The first-order valence-electron chi connectivity index (χ1n) is 9.33. The van der Waals surface area contributed by atoms with E-state index < -0.39 is 17.7 Å². The van der Waals surface area contributed by atoms with Gasteiger partial charge in [0.05, 0.1) is 12.7 Å². The maximum absolute atomic E-state index is 13.4. The molecule has 1 saturated heterocycles. The van der Waals surface area contributed by atoms with E-state index in [-0.39, 0.29) is 5.92 Å². The molecule has 1 aromatic heterocycles. The van der Waals surface area contributed by atoms with Gasteiger partial charge in [0.15, 0.2) is 0 Å². The third-order valence-electron chi connectivity index (χ3n) is 5.95. The SMILES string of the molecule is COC(=O)c1cccnc1N1C[C@H]2CC(c3ccccc3C(F)(F)F)C[C@H]2C1. The van der Waals surface area contributed by atoms with Gasteiger partial charge in [-0.2, -0.15) is 13.2 Å². The number of fused-ring (bicyclic) bond motifs is 1. The number of nitrogens with zero attached hydrogens (tertiary/aromatic N) is 2. The molecule has 148 valence electrons. The van der Waals surface area contributed by atoms with Crippen molar-refractivity contribution in [2.45, 2.75) is 24.9 Å². The second kappa shape index (κ2) is 7.11. The highest BCUT2D eigenvalue weighted by molar-refractivity contribution is 5.94. The van der Waals surface area contributed by atoms with E-state index in [4.69, 9.17) is 4.74 Å². The van der Waals surface area contributed by atoms with Crippen molar-refractivity contribution in [2.24, 2.45) is 11.8 Å². The molecular formula is C21H21F3N2O2. The summed E-state index contributed by atoms with van der Waals surface area (Å²) in [4.78, 5) is 18.4. The summed E-state index contributed by atoms with van der Waals surface area (Å²) in [5.74, 6) is 0.657. The molecule has 7 heteroatoms. The number of esters is 1. The fourth-order valence-electron chi connectivity index (χ4n) is 4.76. The van der Waals surface area contributed by atoms with Crippen molar-refractivity contribution in [1.29, 1.82) is 0 Å². The van der Waals surface area contributed by atoms with Gasteiger partial charge in [-0.3, -0.25) is 0 Å². The molecule has 1 unspecified atom stereocenters. The molecule has 2 aliphatic rings. The lowest BCUT2D eigenvalue weighted by atomic mass is 9.91. The van der Waals surface area contributed by atoms with E-state index in [9.17, 15) is 18.0 Å². The van der Waals surface area contributed by atoms with E-state index in [1.54, 1.807) is 30.5 Å². The largest absolute Gasteiger partial charge is 0.465 e. The molecule has 1 aliphatic heterocycles. The van der Waals surface area contributed by atoms with E-state index in [1.165, 1.54) is 19.2 Å². The third-order valence-corrected chi connectivity index (χ3v) is 5.95. The van der Waals surface area contributed by atoms with Crippen molar-refractivity contribution in [1.82, 2.24) is 4.98 Å². The number of hydrogen-bond donors (Lipinski definition) is 0. The Bertz CT molecular complexity index is 870. The average Bonchev–Trinajstić information content (AvgIpc) is 3.26. The van der Waals surface area contributed by atoms with Crippen LogP contribution in [0.15, 0.2) is 42.6 Å². The summed E-state index contributed by atoms with van der Waals surface area (Å²) < 4.78 is 44.9. The predicted octanol–water partition coefficient (Wildman–Crippen LogP) is 4.52. The Labute approximate surface area is 161 Å². The first-order valence-corrected chi connectivity index (χ1v) is 9.33. The van der Waals surface area contributed by atoms with Crippen LogP contribution in [0.1, 0.15) is 40.2 Å². The number of pyridine rings is 1. The van der Waals surface area contributed by atoms with Crippen LogP contribution in [-0.2, 0) is 10.9 Å². The van der Waals surface area contributed by atoms with Crippen LogP contribution in [0.3, 0.4) is 0 Å². The highest BCUT2D eigenvalue weighted by Gasteiger charge is 2.44. The molecule has 2 heterocycles. The number of carbonyl (C=O) groups excluding carboxylic acids is 1. The van der Waals surface area contributed by atoms with Crippen LogP contribution >= 0.6 is 0 Å². The van der Waals surface area contributed by atoms with Crippen LogP contribution in [0, 0.1) is 11.8 Å². The first-order chi connectivity index (χ1) is 13.4. The number of halogens is 3. The minimum absolute atomic E-state index is 0.0845. The van der Waals surface area contributed by atoms with Gasteiger partial charge in [-0.25, -0.2) is 9.78 Å². The van der Waals surface area contributed by atoms with Gasteiger partial charge in [-0.05, 0) is 54.4 Å². The summed E-state index contributed by atoms with van der Waals surface area (Å²) in [6.07, 6.45) is -1.26. The molecule has 1 aromatic carbocycles. The Morgan fingerprint density at radius 1 is 1.11 bits per heavy atom. The molecule has 4 nitrogen and oxygen atoms in total. The Morgan fingerprint density at radius 3 is 2.43 bits per heavy atom. The van der Waals surface area contributed by atoms with E-state index in [0.29, 0.717) is 54.7 Å². The zero-order valence-electron chi connectivity index (χ0n) is 15.4. The van der Waals surface area contributed by atoms with Gasteiger partial charge in [-0.1, -0.05) is 18.2 Å². The molecule has 0 bridgehead atoms. The van der Waals surface area contributed by atoms with Crippen LogP contribution in [0.2, 0.25) is 0 Å². The lowest BCUT2D eigenvalue weighted by Crippen LogP contribution is -2.25. The van der Waals surface area contributed by atoms with Gasteiger partial charge in [0.2, 0.25) is 0 Å². The van der Waals surface area contributed by atoms with Crippen molar-refractivity contribution >= 4 is 11.8 Å². The normalized spacial score (nSPS) is 24.3. The summed E-state index contributed by atoms with van der Waals surface area (Å²) in [5.41, 5.74) is 0.308. The third kappa shape index (κ3) is 3.34. The second-order valence-electron chi connectivity index (χ2n) is 7.54. The molecule has 0 amide bonds. The topological polar surface area (TPSA) is 42.4 Å². The summed E-state index contributed by atoms with van der Waals surface area (Å²) in [6.45, 7) is 1.38. The van der Waals surface area contributed by atoms with E-state index in [2.05, 4.69) is 9.88 Å². The standard InChI is InChI=1S/C21H21F3N2O2/c1-28-20(27)17-6-4-8-25-19(17)26-11-14-9-13(10-15(14)12-26)16-5-2-3-7-18(16)21(22,23)24/h2-8,13-15H,9-12H2,1H3/t13?,14-,15+. The number of alkyl halides is 3. The number of hydrogen-bond acceptors (Lipinski definition) is 4. The summed E-state index contributed by atoms with van der Waals surface area (Å²) in [6, 6.07) is 9.29. The van der Waals surface area contributed by atoms with Gasteiger partial charge < -0.3 is 9.64 Å². The van der Waals surface area contributed by atoms with Crippen molar-refractivity contribution < 1.29 is 22.7 Å². The molecule has 4 rings (SSSR count). The number of anilines is 1. The van der Waals surface area contributed by atoms with E-state index >= 15 is 0 Å². The number of aromatic nitrogens is 1. The molecule has 3 atom stereocenters. The molecule has 2 aromatic rings. The number of benzene rings is 1. The summed E-state index contributed by atoms with van der Waals surface area (Å²) in [5, 5.41) is 0. The molecule has 0 N–H and O–H groups in total. The van der Waals surface area contributed by atoms with Gasteiger partial charge in [0.25, 0.3) is 0 Å². The maximum atomic E-state index is 13.4. The molecule has 1 saturated carbocycles. The summed E-state index contributed by atoms with van der Waals surface area (Å²) >= 11 is 0. The molecule has 1 aliphatic carbocycles. The molecular weight excluding hydrogens is 369 g/mol. The zero-order chi connectivity index (χ0) is 19.9. The van der Waals surface area contributed by atoms with Gasteiger partial charge in [0.1, 0.15) is 11.4 Å². The van der Waals surface area contributed by atoms with Crippen LogP contribution in [0.5, 0.6) is 0 Å². The van der Waals surface area contributed by atoms with Crippen molar-refractivity contribution in [2.75, 3.05) is 25.1 Å². The Kier molecular flexibility index (Phi) is 4.77. The fraction of sp³-hybridized carbons (Fsp3) is 0.429. The maximum Gasteiger partial charge on any atom is 0.416 e. The van der Waals surface area contributed by atoms with Gasteiger partial charge in [-0.15, -0.1) is 0 Å². The van der Waals surface area contributed by atoms with Crippen molar-refractivity contribution in [3.05, 3.63) is 59.3 Å². The van der Waals surface area contributed by atoms with Gasteiger partial charge >= 0.3 is 12.1 Å². The van der Waals surface area contributed by atoms with Crippen LogP contribution in [0.25, 0.3) is 0 Å². The first kappa shape index (κ1) is 18.8. The number of methoxy groups -OCH3 is 1. The predicted molar refractivity (Wildman–Crippen MR) is 98.2 cm³/mol. The molecule has 0 radical (unpaired) electrons. The van der Waals surface area contributed by atoms with Crippen LogP contribution < -0.4 is 4.90 Å². The van der Waals surface area contributed by atoms with E-state index in [0.717, 1.165) is 0 Å². The monoisotopic (exact) mass is 390 g/mol. The molecule has 28 heavy (non-hydrogen) atoms. The zero-order valence-corrected chi connectivity index (χ0v) is 15.4. The second-order valence-corrected chi connectivity index (χ2v) is 7.54. The molecule has 2 fully saturated rings. The fourth-order valence-corrected chi connectivity index (χ4v) is 4.76. The number of ether oxygens (including phenoxy) is 1. The molecule has 0 spiro atoms. The van der Waals surface area contributed by atoms with Crippen LogP contribution in [0.4, 0.5) is 19.0 Å². The van der Waals surface area contributed by atoms with Crippen molar-refractivity contribution in [3.63, 3.8) is 0 Å². The number of carbonyl (C=O) groups is 1. The lowest BCUT2D eigenvalue weighted by Gasteiger charge is -2.23. The minimum Gasteiger partial charge on any atom is -0.465 e. The highest BCUT2D eigenvalue weighted by Crippen LogP contribution is 2.49. The van der Waals surface area contributed by atoms with Crippen molar-refractivity contribution in [3.8, 4) is 0 Å². The van der Waals surface area contributed by atoms with Gasteiger partial charge in [0, 0.05) is 19.3 Å². The Balaban J connectivity index is 1.52.